The van der Waals surface area contributed by atoms with Gasteiger partial charge in [0.15, 0.2) is 6.61 Å². The molecular formula is C21H22N2O6. The van der Waals surface area contributed by atoms with Crippen LogP contribution in [0.2, 0.25) is 0 Å². The minimum Gasteiger partial charge on any atom is -0.452 e. The molecule has 8 heteroatoms. The molecule has 2 aromatic carbocycles. The van der Waals surface area contributed by atoms with E-state index in [1.807, 2.05) is 0 Å². The third-order valence-electron chi connectivity index (χ3n) is 3.39. The Morgan fingerprint density at radius 3 is 2.07 bits per heavy atom. The van der Waals surface area contributed by atoms with E-state index in [4.69, 9.17) is 9.47 Å². The number of esters is 1. The molecule has 0 saturated carbocycles. The number of imide groups is 1. The Morgan fingerprint density at radius 1 is 0.862 bits per heavy atom. The molecule has 0 atom stereocenters. The lowest BCUT2D eigenvalue weighted by molar-refractivity contribution is -0.123. The lowest BCUT2D eigenvalue weighted by Crippen LogP contribution is -2.34. The van der Waals surface area contributed by atoms with Crippen LogP contribution in [0, 0.1) is 0 Å². The molecule has 0 radical (unpaired) electrons. The number of benzene rings is 2. The first-order chi connectivity index (χ1) is 13.6. The Balaban J connectivity index is 1.82. The summed E-state index contributed by atoms with van der Waals surface area (Å²) in [5, 5.41) is 4.67. The third kappa shape index (κ3) is 7.45. The normalized spacial score (nSPS) is 10.6. The Kier molecular flexibility index (Phi) is 7.08. The van der Waals surface area contributed by atoms with Crippen molar-refractivity contribution in [3.8, 4) is 0 Å². The van der Waals surface area contributed by atoms with Gasteiger partial charge in [-0.05, 0) is 57.2 Å². The molecule has 0 unspecified atom stereocenters. The maximum atomic E-state index is 12.0. The number of nitrogens with one attached hydrogen (secondary N) is 2. The molecule has 0 aliphatic carbocycles. The van der Waals surface area contributed by atoms with E-state index < -0.39 is 36.1 Å². The van der Waals surface area contributed by atoms with Crippen LogP contribution in [-0.2, 0) is 14.3 Å². The van der Waals surface area contributed by atoms with Gasteiger partial charge in [0.25, 0.3) is 11.8 Å². The highest BCUT2D eigenvalue weighted by atomic mass is 16.6. The van der Waals surface area contributed by atoms with Gasteiger partial charge in [-0.3, -0.25) is 20.2 Å². The van der Waals surface area contributed by atoms with E-state index in [0.29, 0.717) is 11.3 Å². The summed E-state index contributed by atoms with van der Waals surface area (Å²) in [7, 11) is 0. The topological polar surface area (TPSA) is 111 Å². The van der Waals surface area contributed by atoms with Crippen molar-refractivity contribution in [3.05, 3.63) is 65.7 Å². The molecule has 8 nitrogen and oxygen atoms in total. The zero-order valence-electron chi connectivity index (χ0n) is 16.4. The van der Waals surface area contributed by atoms with Crippen LogP contribution >= 0.6 is 0 Å². The molecular weight excluding hydrogens is 376 g/mol. The quantitative estimate of drug-likeness (QED) is 0.749. The summed E-state index contributed by atoms with van der Waals surface area (Å²) in [5.74, 6) is -2.06. The average Bonchev–Trinajstić information content (AvgIpc) is 2.66. The Morgan fingerprint density at radius 2 is 1.48 bits per heavy atom. The summed E-state index contributed by atoms with van der Waals surface area (Å²) in [5.41, 5.74) is 0.306. The van der Waals surface area contributed by atoms with Crippen molar-refractivity contribution in [3.63, 3.8) is 0 Å². The average molecular weight is 398 g/mol. The predicted molar refractivity (Wildman–Crippen MR) is 105 cm³/mol. The van der Waals surface area contributed by atoms with E-state index in [0.717, 1.165) is 0 Å². The lowest BCUT2D eigenvalue weighted by Gasteiger charge is -2.19. The fourth-order valence-electron chi connectivity index (χ4n) is 2.15. The Hall–Kier alpha value is -3.68. The standard InChI is InChI=1S/C21H22N2O6/c1-21(2,3)29-20(27)22-16-11-9-15(10-12-16)19(26)28-13-17(24)23-18(25)14-7-5-4-6-8-14/h4-12H,13H2,1-3H3,(H,22,27)(H,23,24,25). The van der Waals surface area contributed by atoms with Crippen LogP contribution in [0.4, 0.5) is 10.5 Å². The van der Waals surface area contributed by atoms with Gasteiger partial charge in [-0.25, -0.2) is 9.59 Å². The van der Waals surface area contributed by atoms with Crippen molar-refractivity contribution in [2.24, 2.45) is 0 Å². The Labute approximate surface area is 168 Å². The van der Waals surface area contributed by atoms with Crippen molar-refractivity contribution >= 4 is 29.6 Å². The predicted octanol–water partition coefficient (Wildman–Crippen LogP) is 3.15. The fraction of sp³-hybridized carbons (Fsp3) is 0.238. The van der Waals surface area contributed by atoms with E-state index >= 15 is 0 Å². The van der Waals surface area contributed by atoms with Gasteiger partial charge < -0.3 is 9.47 Å². The first-order valence-electron chi connectivity index (χ1n) is 8.80. The Bertz CT molecular complexity index is 886. The summed E-state index contributed by atoms with van der Waals surface area (Å²) < 4.78 is 10.0. The second-order valence-electron chi connectivity index (χ2n) is 7.02. The van der Waals surface area contributed by atoms with Crippen LogP contribution in [-0.4, -0.2) is 36.1 Å². The monoisotopic (exact) mass is 398 g/mol. The summed E-state index contributed by atoms with van der Waals surface area (Å²) in [6.07, 6.45) is -0.618. The summed E-state index contributed by atoms with van der Waals surface area (Å²) in [4.78, 5) is 47.4. The van der Waals surface area contributed by atoms with Crippen molar-refractivity contribution in [1.82, 2.24) is 5.32 Å². The van der Waals surface area contributed by atoms with Crippen molar-refractivity contribution in [1.29, 1.82) is 0 Å². The molecule has 0 fully saturated rings. The second-order valence-corrected chi connectivity index (χ2v) is 7.02. The fourth-order valence-corrected chi connectivity index (χ4v) is 2.15. The van der Waals surface area contributed by atoms with Crippen LogP contribution in [0.15, 0.2) is 54.6 Å². The number of carbonyl (C=O) groups excluding carboxylic acids is 4. The van der Waals surface area contributed by atoms with Crippen LogP contribution in [0.5, 0.6) is 0 Å². The van der Waals surface area contributed by atoms with Crippen LogP contribution in [0.25, 0.3) is 0 Å². The molecule has 0 aliphatic heterocycles. The molecule has 3 amide bonds. The van der Waals surface area contributed by atoms with Gasteiger partial charge in [-0.15, -0.1) is 0 Å². The van der Waals surface area contributed by atoms with E-state index in [2.05, 4.69) is 10.6 Å². The number of hydrogen-bond acceptors (Lipinski definition) is 6. The SMILES string of the molecule is CC(C)(C)OC(=O)Nc1ccc(C(=O)OCC(=O)NC(=O)c2ccccc2)cc1. The van der Waals surface area contributed by atoms with Gasteiger partial charge in [0.2, 0.25) is 0 Å². The molecule has 0 saturated heterocycles. The van der Waals surface area contributed by atoms with Crippen LogP contribution in [0.1, 0.15) is 41.5 Å². The molecule has 0 aromatic heterocycles. The number of hydrogen-bond donors (Lipinski definition) is 2. The molecule has 2 N–H and O–H groups in total. The smallest absolute Gasteiger partial charge is 0.412 e. The molecule has 29 heavy (non-hydrogen) atoms. The van der Waals surface area contributed by atoms with Gasteiger partial charge in [-0.1, -0.05) is 18.2 Å². The summed E-state index contributed by atoms with van der Waals surface area (Å²) in [6, 6.07) is 14.1. The minimum absolute atomic E-state index is 0.182. The van der Waals surface area contributed by atoms with Crippen molar-refractivity contribution < 1.29 is 28.7 Å². The molecule has 152 valence electrons. The van der Waals surface area contributed by atoms with Crippen molar-refractivity contribution in [2.75, 3.05) is 11.9 Å². The number of rotatable bonds is 5. The lowest BCUT2D eigenvalue weighted by atomic mass is 10.2. The first kappa shape index (κ1) is 21.6. The van der Waals surface area contributed by atoms with Gasteiger partial charge in [0.05, 0.1) is 5.56 Å². The van der Waals surface area contributed by atoms with E-state index in [-0.39, 0.29) is 5.56 Å². The number of carbonyl (C=O) groups is 4. The highest BCUT2D eigenvalue weighted by Crippen LogP contribution is 2.13. The molecule has 0 aliphatic rings. The molecule has 0 bridgehead atoms. The van der Waals surface area contributed by atoms with Gasteiger partial charge in [-0.2, -0.15) is 0 Å². The maximum absolute atomic E-state index is 12.0. The largest absolute Gasteiger partial charge is 0.452 e. The third-order valence-corrected chi connectivity index (χ3v) is 3.39. The summed E-state index contributed by atoms with van der Waals surface area (Å²) >= 11 is 0. The van der Waals surface area contributed by atoms with Crippen LogP contribution in [0.3, 0.4) is 0 Å². The molecule has 2 rings (SSSR count). The maximum Gasteiger partial charge on any atom is 0.412 e. The first-order valence-corrected chi connectivity index (χ1v) is 8.80. The van der Waals surface area contributed by atoms with Crippen molar-refractivity contribution in [2.45, 2.75) is 26.4 Å². The van der Waals surface area contributed by atoms with E-state index in [1.54, 1.807) is 51.1 Å². The van der Waals surface area contributed by atoms with E-state index in [9.17, 15) is 19.2 Å². The van der Waals surface area contributed by atoms with Gasteiger partial charge in [0, 0.05) is 11.3 Å². The number of amides is 3. The highest BCUT2D eigenvalue weighted by molar-refractivity contribution is 6.05. The molecule has 0 heterocycles. The summed E-state index contributed by atoms with van der Waals surface area (Å²) in [6.45, 7) is 4.63. The number of anilines is 1. The van der Waals surface area contributed by atoms with E-state index in [1.165, 1.54) is 24.3 Å². The second kappa shape index (κ2) is 9.50. The zero-order valence-corrected chi connectivity index (χ0v) is 16.4. The highest BCUT2D eigenvalue weighted by Gasteiger charge is 2.17. The molecule has 0 spiro atoms. The number of ether oxygens (including phenoxy) is 2. The molecule has 2 aromatic rings. The zero-order chi connectivity index (χ0) is 21.4. The van der Waals surface area contributed by atoms with Crippen LogP contribution < -0.4 is 10.6 Å². The van der Waals surface area contributed by atoms with Gasteiger partial charge >= 0.3 is 12.1 Å². The minimum atomic E-state index is -0.740. The van der Waals surface area contributed by atoms with Gasteiger partial charge in [0.1, 0.15) is 5.60 Å².